The van der Waals surface area contributed by atoms with Crippen LogP contribution in [-0.2, 0) is 0 Å². The van der Waals surface area contributed by atoms with Crippen LogP contribution >= 0.6 is 0 Å². The van der Waals surface area contributed by atoms with E-state index < -0.39 is 5.97 Å². The van der Waals surface area contributed by atoms with E-state index in [1.54, 1.807) is 13.8 Å². The van der Waals surface area contributed by atoms with E-state index in [0.29, 0.717) is 5.56 Å². The lowest BCUT2D eigenvalue weighted by Crippen LogP contribution is -2.03. The van der Waals surface area contributed by atoms with Crippen molar-refractivity contribution in [3.63, 3.8) is 0 Å². The molecule has 4 heteroatoms. The first-order chi connectivity index (χ1) is 7.00. The molecule has 0 aliphatic rings. The summed E-state index contributed by atoms with van der Waals surface area (Å²) in [5, 5.41) is 9.07. The molecule has 0 amide bonds. The maximum Gasteiger partial charge on any atom is 0.336 e. The topological polar surface area (TPSA) is 66.0 Å². The smallest absolute Gasteiger partial charge is 0.336 e. The number of nitrogens with one attached hydrogen (secondary N) is 1. The zero-order chi connectivity index (χ0) is 11.2. The number of fused-ring (bicyclic) bond motifs is 1. The summed E-state index contributed by atoms with van der Waals surface area (Å²) in [4.78, 5) is 18.4. The predicted octanol–water partition coefficient (Wildman–Crippen LogP) is 2.19. The highest BCUT2D eigenvalue weighted by atomic mass is 16.4. The molecule has 0 bridgehead atoms. The van der Waals surface area contributed by atoms with Crippen molar-refractivity contribution < 1.29 is 9.90 Å². The number of aryl methyl sites for hydroxylation is 3. The lowest BCUT2D eigenvalue weighted by molar-refractivity contribution is 0.0695. The van der Waals surface area contributed by atoms with Crippen LogP contribution in [0, 0.1) is 20.8 Å². The van der Waals surface area contributed by atoms with Crippen LogP contribution in [0.3, 0.4) is 0 Å². The van der Waals surface area contributed by atoms with Crippen molar-refractivity contribution in [1.29, 1.82) is 0 Å². The fourth-order valence-corrected chi connectivity index (χ4v) is 1.93. The molecule has 78 valence electrons. The van der Waals surface area contributed by atoms with E-state index in [-0.39, 0.29) is 0 Å². The van der Waals surface area contributed by atoms with Gasteiger partial charge in [-0.3, -0.25) is 0 Å². The largest absolute Gasteiger partial charge is 0.478 e. The van der Waals surface area contributed by atoms with E-state index in [2.05, 4.69) is 9.97 Å². The Labute approximate surface area is 87.0 Å². The molecule has 0 unspecified atom stereocenters. The molecular formula is C11H12N2O2. The number of imidazole rings is 1. The lowest BCUT2D eigenvalue weighted by Gasteiger charge is -2.05. The number of hydrogen-bond donors (Lipinski definition) is 2. The number of aromatic nitrogens is 2. The van der Waals surface area contributed by atoms with Gasteiger partial charge in [-0.05, 0) is 38.0 Å². The molecule has 1 aromatic carbocycles. The normalized spacial score (nSPS) is 10.9. The van der Waals surface area contributed by atoms with Crippen molar-refractivity contribution in [3.8, 4) is 0 Å². The zero-order valence-electron chi connectivity index (χ0n) is 8.88. The monoisotopic (exact) mass is 204 g/mol. The third kappa shape index (κ3) is 1.38. The van der Waals surface area contributed by atoms with E-state index >= 15 is 0 Å². The number of carbonyl (C=O) groups is 1. The molecule has 0 saturated carbocycles. The van der Waals surface area contributed by atoms with Crippen molar-refractivity contribution in [2.45, 2.75) is 20.8 Å². The van der Waals surface area contributed by atoms with Gasteiger partial charge >= 0.3 is 5.97 Å². The van der Waals surface area contributed by atoms with Crippen LogP contribution in [0.4, 0.5) is 0 Å². The fraction of sp³-hybridized carbons (Fsp3) is 0.273. The molecule has 1 heterocycles. The molecule has 15 heavy (non-hydrogen) atoms. The molecule has 0 fully saturated rings. The van der Waals surface area contributed by atoms with Crippen LogP contribution in [-0.4, -0.2) is 21.0 Å². The van der Waals surface area contributed by atoms with Crippen molar-refractivity contribution >= 4 is 17.0 Å². The number of H-pyrrole nitrogens is 1. The van der Waals surface area contributed by atoms with Gasteiger partial charge in [0.25, 0.3) is 0 Å². The molecule has 0 saturated heterocycles. The van der Waals surface area contributed by atoms with Crippen molar-refractivity contribution in [2.24, 2.45) is 0 Å². The maximum absolute atomic E-state index is 11.1. The van der Waals surface area contributed by atoms with Gasteiger partial charge in [-0.1, -0.05) is 0 Å². The summed E-state index contributed by atoms with van der Waals surface area (Å²) in [6.07, 6.45) is 0. The zero-order valence-corrected chi connectivity index (χ0v) is 8.88. The number of carboxylic acid groups (broad SMARTS) is 1. The molecule has 2 N–H and O–H groups in total. The third-order valence-corrected chi connectivity index (χ3v) is 2.55. The van der Waals surface area contributed by atoms with Gasteiger partial charge in [0.05, 0.1) is 16.6 Å². The number of benzene rings is 1. The average molecular weight is 204 g/mol. The van der Waals surface area contributed by atoms with Crippen molar-refractivity contribution in [3.05, 3.63) is 28.6 Å². The summed E-state index contributed by atoms with van der Waals surface area (Å²) < 4.78 is 0. The maximum atomic E-state index is 11.1. The molecule has 0 atom stereocenters. The first kappa shape index (κ1) is 9.71. The highest BCUT2D eigenvalue weighted by Crippen LogP contribution is 2.23. The van der Waals surface area contributed by atoms with E-state index in [9.17, 15) is 4.79 Å². The second kappa shape index (κ2) is 3.08. The molecule has 0 aliphatic heterocycles. The Morgan fingerprint density at radius 1 is 1.40 bits per heavy atom. The van der Waals surface area contributed by atoms with Gasteiger partial charge in [0.15, 0.2) is 0 Å². The van der Waals surface area contributed by atoms with Gasteiger partial charge < -0.3 is 10.1 Å². The van der Waals surface area contributed by atoms with E-state index in [0.717, 1.165) is 28.0 Å². The first-order valence-electron chi connectivity index (χ1n) is 4.70. The predicted molar refractivity (Wildman–Crippen MR) is 57.3 cm³/mol. The minimum absolute atomic E-state index is 0.356. The summed E-state index contributed by atoms with van der Waals surface area (Å²) in [5.41, 5.74) is 3.48. The minimum Gasteiger partial charge on any atom is -0.478 e. The highest BCUT2D eigenvalue weighted by molar-refractivity contribution is 5.97. The van der Waals surface area contributed by atoms with Gasteiger partial charge in [-0.2, -0.15) is 0 Å². The standard InChI is InChI=1S/C11H12N2O2/c1-5-4-8-10(13-7(3)12-8)6(2)9(5)11(14)15/h4H,1-3H3,(H,12,13)(H,14,15). The Kier molecular flexibility index (Phi) is 2.00. The van der Waals surface area contributed by atoms with Gasteiger partial charge in [0, 0.05) is 0 Å². The summed E-state index contributed by atoms with van der Waals surface area (Å²) in [7, 11) is 0. The molecule has 4 nitrogen and oxygen atoms in total. The van der Waals surface area contributed by atoms with E-state index in [4.69, 9.17) is 5.11 Å². The Balaban J connectivity index is 2.89. The van der Waals surface area contributed by atoms with Crippen LogP contribution in [0.2, 0.25) is 0 Å². The minimum atomic E-state index is -0.896. The fourth-order valence-electron chi connectivity index (χ4n) is 1.93. The first-order valence-corrected chi connectivity index (χ1v) is 4.70. The SMILES string of the molecule is Cc1nc2c(C)c(C(=O)O)c(C)cc2[nH]1. The summed E-state index contributed by atoms with van der Waals surface area (Å²) in [6.45, 7) is 5.44. The molecule has 1 aromatic heterocycles. The van der Waals surface area contributed by atoms with Crippen LogP contribution in [0.1, 0.15) is 27.3 Å². The second-order valence-electron chi connectivity index (χ2n) is 3.72. The van der Waals surface area contributed by atoms with Crippen molar-refractivity contribution in [2.75, 3.05) is 0 Å². The van der Waals surface area contributed by atoms with Crippen LogP contribution < -0.4 is 0 Å². The number of rotatable bonds is 1. The summed E-state index contributed by atoms with van der Waals surface area (Å²) >= 11 is 0. The Morgan fingerprint density at radius 3 is 2.67 bits per heavy atom. The van der Waals surface area contributed by atoms with E-state index in [1.165, 1.54) is 0 Å². The summed E-state index contributed by atoms with van der Waals surface area (Å²) in [6, 6.07) is 1.83. The number of carboxylic acids is 1. The van der Waals surface area contributed by atoms with Gasteiger partial charge in [0.1, 0.15) is 5.82 Å². The van der Waals surface area contributed by atoms with E-state index in [1.807, 2.05) is 13.0 Å². The molecule has 0 spiro atoms. The quantitative estimate of drug-likeness (QED) is 0.748. The molecular weight excluding hydrogens is 192 g/mol. The summed E-state index contributed by atoms with van der Waals surface area (Å²) in [5.74, 6) is -0.0948. The Bertz CT molecular complexity index is 555. The third-order valence-electron chi connectivity index (χ3n) is 2.55. The highest BCUT2D eigenvalue weighted by Gasteiger charge is 2.15. The molecule has 0 radical (unpaired) electrons. The Hall–Kier alpha value is -1.84. The van der Waals surface area contributed by atoms with Crippen LogP contribution in [0.15, 0.2) is 6.07 Å². The average Bonchev–Trinajstić information content (AvgIpc) is 2.45. The lowest BCUT2D eigenvalue weighted by atomic mass is 10.0. The van der Waals surface area contributed by atoms with Crippen molar-refractivity contribution in [1.82, 2.24) is 9.97 Å². The molecule has 2 rings (SSSR count). The van der Waals surface area contributed by atoms with Crippen LogP contribution in [0.25, 0.3) is 11.0 Å². The van der Waals surface area contributed by atoms with Gasteiger partial charge in [-0.25, -0.2) is 9.78 Å². The number of aromatic amines is 1. The molecule has 0 aliphatic carbocycles. The number of nitrogens with zero attached hydrogens (tertiary/aromatic N) is 1. The second-order valence-corrected chi connectivity index (χ2v) is 3.72. The number of hydrogen-bond acceptors (Lipinski definition) is 2. The van der Waals surface area contributed by atoms with Crippen LogP contribution in [0.5, 0.6) is 0 Å². The molecule has 2 aromatic rings. The Morgan fingerprint density at radius 2 is 2.07 bits per heavy atom. The van der Waals surface area contributed by atoms with Gasteiger partial charge in [-0.15, -0.1) is 0 Å². The number of aromatic carboxylic acids is 1. The van der Waals surface area contributed by atoms with Gasteiger partial charge in [0.2, 0.25) is 0 Å².